The van der Waals surface area contributed by atoms with Crippen LogP contribution in [0.4, 0.5) is 4.39 Å². The number of ketones is 2. The second kappa shape index (κ2) is 9.53. The van der Waals surface area contributed by atoms with Gasteiger partial charge in [-0.2, -0.15) is 11.8 Å². The van der Waals surface area contributed by atoms with Crippen molar-refractivity contribution in [2.45, 2.75) is 89.3 Å². The Bertz CT molecular complexity index is 1010. The lowest BCUT2D eigenvalue weighted by molar-refractivity contribution is -0.226. The van der Waals surface area contributed by atoms with Crippen molar-refractivity contribution in [3.8, 4) is 0 Å². The molecule has 3 saturated carbocycles. The number of Topliss-reactive ketones (excluding diaryl/α,β-unsaturated/α-hetero) is 1. The molecule has 0 aromatic carbocycles. The standard InChI is InChI=1S/C28H38ClFO5S/c1-16(2)36-11-9-24(34)35-28(23(33)15-29)17(3)12-21-20-7-6-18-13-19(31)8-10-25(18,4)27(20,30)22(32)14-26(21,28)5/h8,10,13,16-17,20-22,32H,6-7,9,11-12,14-15H2,1-5H3/t17-,20+,21+,22+,25+,26+,27+,28+/m1/s1. The highest BCUT2D eigenvalue weighted by Gasteiger charge is 2.77. The Morgan fingerprint density at radius 3 is 2.64 bits per heavy atom. The molecule has 4 aliphatic carbocycles. The summed E-state index contributed by atoms with van der Waals surface area (Å²) in [5.74, 6) is -1.98. The van der Waals surface area contributed by atoms with E-state index in [-0.39, 0.29) is 42.1 Å². The van der Waals surface area contributed by atoms with E-state index in [9.17, 15) is 19.5 Å². The van der Waals surface area contributed by atoms with Gasteiger partial charge in [-0.1, -0.05) is 39.3 Å². The minimum absolute atomic E-state index is 0.0314. The number of aliphatic hydroxyl groups is 1. The molecule has 36 heavy (non-hydrogen) atoms. The maximum absolute atomic E-state index is 17.4. The molecule has 0 saturated heterocycles. The zero-order valence-electron chi connectivity index (χ0n) is 21.8. The molecule has 0 amide bonds. The molecule has 0 aliphatic heterocycles. The van der Waals surface area contributed by atoms with Gasteiger partial charge in [0.05, 0.1) is 18.4 Å². The van der Waals surface area contributed by atoms with Gasteiger partial charge in [0.25, 0.3) is 0 Å². The molecule has 200 valence electrons. The summed E-state index contributed by atoms with van der Waals surface area (Å²) >= 11 is 7.75. The van der Waals surface area contributed by atoms with E-state index in [1.54, 1.807) is 24.8 Å². The predicted octanol–water partition coefficient (Wildman–Crippen LogP) is 5.22. The summed E-state index contributed by atoms with van der Waals surface area (Å²) in [5.41, 5.74) is -4.89. The molecule has 4 rings (SSSR count). The molecule has 0 radical (unpaired) electrons. The van der Waals surface area contributed by atoms with Gasteiger partial charge in [0.15, 0.2) is 22.8 Å². The predicted molar refractivity (Wildman–Crippen MR) is 140 cm³/mol. The third-order valence-electron chi connectivity index (χ3n) is 9.75. The first-order valence-corrected chi connectivity index (χ1v) is 14.6. The molecule has 4 aliphatic rings. The monoisotopic (exact) mass is 540 g/mol. The number of carbonyl (C=O) groups excluding carboxylic acids is 3. The first-order valence-electron chi connectivity index (χ1n) is 13.0. The second-order valence-corrected chi connectivity index (χ2v) is 13.8. The van der Waals surface area contributed by atoms with Gasteiger partial charge in [0.1, 0.15) is 0 Å². The lowest BCUT2D eigenvalue weighted by Crippen LogP contribution is -2.70. The van der Waals surface area contributed by atoms with E-state index in [1.807, 2.05) is 13.8 Å². The lowest BCUT2D eigenvalue weighted by atomic mass is 9.44. The molecule has 0 heterocycles. The quantitative estimate of drug-likeness (QED) is 0.352. The van der Waals surface area contributed by atoms with Crippen molar-refractivity contribution >= 4 is 40.9 Å². The van der Waals surface area contributed by atoms with Gasteiger partial charge in [-0.3, -0.25) is 14.4 Å². The Morgan fingerprint density at radius 2 is 2.00 bits per heavy atom. The number of alkyl halides is 2. The van der Waals surface area contributed by atoms with Crippen LogP contribution in [-0.4, -0.2) is 56.9 Å². The highest BCUT2D eigenvalue weighted by molar-refractivity contribution is 7.99. The Balaban J connectivity index is 1.74. The molecule has 0 aromatic rings. The van der Waals surface area contributed by atoms with Crippen molar-refractivity contribution in [2.24, 2.45) is 28.6 Å². The first-order chi connectivity index (χ1) is 16.8. The zero-order chi connectivity index (χ0) is 26.7. The van der Waals surface area contributed by atoms with E-state index in [0.29, 0.717) is 35.8 Å². The van der Waals surface area contributed by atoms with Crippen LogP contribution in [0.3, 0.4) is 0 Å². The number of thioether (sulfide) groups is 1. The SMILES string of the molecule is CC(C)SCCC(=O)O[C@]1(C(=O)CCl)[C@H](C)C[C@H]2[C@@H]3CCC4=CC(=O)C=C[C@]4(C)[C@@]3(F)[C@@H](O)C[C@@]21C. The molecule has 8 heteroatoms. The van der Waals surface area contributed by atoms with Gasteiger partial charge in [-0.25, -0.2) is 4.39 Å². The largest absolute Gasteiger partial charge is 0.450 e. The summed E-state index contributed by atoms with van der Waals surface area (Å²) in [7, 11) is 0. The van der Waals surface area contributed by atoms with Crippen molar-refractivity contribution in [3.05, 3.63) is 23.8 Å². The number of ether oxygens (including phenoxy) is 1. The highest BCUT2D eigenvalue weighted by atomic mass is 35.5. The zero-order valence-corrected chi connectivity index (χ0v) is 23.4. The van der Waals surface area contributed by atoms with Gasteiger partial charge >= 0.3 is 5.97 Å². The summed E-state index contributed by atoms with van der Waals surface area (Å²) < 4.78 is 23.5. The van der Waals surface area contributed by atoms with E-state index in [1.165, 1.54) is 12.2 Å². The number of allylic oxidation sites excluding steroid dienone is 4. The Hall–Kier alpha value is -1.18. The van der Waals surface area contributed by atoms with Crippen LogP contribution in [0.2, 0.25) is 0 Å². The Labute approximate surface area is 222 Å². The molecule has 1 N–H and O–H groups in total. The molecular formula is C28H38ClFO5S. The number of esters is 1. The van der Waals surface area contributed by atoms with Gasteiger partial charge in [0, 0.05) is 28.4 Å². The summed E-state index contributed by atoms with van der Waals surface area (Å²) in [5, 5.41) is 11.9. The molecule has 8 atom stereocenters. The van der Waals surface area contributed by atoms with Crippen LogP contribution < -0.4 is 0 Å². The Kier molecular flexibility index (Phi) is 7.37. The van der Waals surface area contributed by atoms with Crippen LogP contribution in [0.5, 0.6) is 0 Å². The van der Waals surface area contributed by atoms with Gasteiger partial charge < -0.3 is 9.84 Å². The maximum atomic E-state index is 17.4. The minimum Gasteiger partial charge on any atom is -0.450 e. The molecule has 0 aromatic heterocycles. The highest BCUT2D eigenvalue weighted by Crippen LogP contribution is 2.71. The van der Waals surface area contributed by atoms with Crippen LogP contribution in [0, 0.1) is 28.6 Å². The number of fused-ring (bicyclic) bond motifs is 5. The molecule has 0 bridgehead atoms. The lowest BCUT2D eigenvalue weighted by Gasteiger charge is -2.62. The van der Waals surface area contributed by atoms with Crippen molar-refractivity contribution < 1.29 is 28.6 Å². The number of halogens is 2. The fraction of sp³-hybridized carbons (Fsp3) is 0.750. The van der Waals surface area contributed by atoms with Gasteiger partial charge in [0.2, 0.25) is 0 Å². The molecule has 0 unspecified atom stereocenters. The van der Waals surface area contributed by atoms with E-state index in [2.05, 4.69) is 13.8 Å². The van der Waals surface area contributed by atoms with Crippen molar-refractivity contribution in [2.75, 3.05) is 11.6 Å². The van der Waals surface area contributed by atoms with Crippen molar-refractivity contribution in [1.29, 1.82) is 0 Å². The number of rotatable bonds is 7. The third-order valence-corrected chi connectivity index (χ3v) is 11.1. The van der Waals surface area contributed by atoms with Crippen LogP contribution in [0.1, 0.15) is 66.7 Å². The summed E-state index contributed by atoms with van der Waals surface area (Å²) in [6.07, 6.45) is 4.73. The van der Waals surface area contributed by atoms with Crippen LogP contribution in [0.15, 0.2) is 23.8 Å². The second-order valence-electron chi connectivity index (χ2n) is 11.8. The normalized spacial score (nSPS) is 43.5. The molecule has 0 spiro atoms. The molecule has 3 fully saturated rings. The number of aliphatic hydroxyl groups excluding tert-OH is 1. The number of hydrogen-bond donors (Lipinski definition) is 1. The summed E-state index contributed by atoms with van der Waals surface area (Å²) in [6, 6.07) is 0. The van der Waals surface area contributed by atoms with E-state index >= 15 is 4.39 Å². The van der Waals surface area contributed by atoms with Crippen molar-refractivity contribution in [3.63, 3.8) is 0 Å². The number of hydrogen-bond acceptors (Lipinski definition) is 6. The van der Waals surface area contributed by atoms with Gasteiger partial charge in [-0.15, -0.1) is 11.6 Å². The number of carbonyl (C=O) groups is 3. The van der Waals surface area contributed by atoms with E-state index in [4.69, 9.17) is 16.3 Å². The van der Waals surface area contributed by atoms with E-state index < -0.39 is 40.1 Å². The van der Waals surface area contributed by atoms with Crippen LogP contribution in [-0.2, 0) is 19.1 Å². The Morgan fingerprint density at radius 1 is 1.31 bits per heavy atom. The third kappa shape index (κ3) is 3.78. The summed E-state index contributed by atoms with van der Waals surface area (Å²) in [4.78, 5) is 38.6. The smallest absolute Gasteiger partial charge is 0.307 e. The van der Waals surface area contributed by atoms with Crippen LogP contribution >= 0.6 is 23.4 Å². The van der Waals surface area contributed by atoms with E-state index in [0.717, 1.165) is 0 Å². The molecular weight excluding hydrogens is 503 g/mol. The fourth-order valence-corrected chi connectivity index (χ4v) is 9.06. The van der Waals surface area contributed by atoms with Crippen LogP contribution in [0.25, 0.3) is 0 Å². The minimum atomic E-state index is -2.00. The average Bonchev–Trinajstić information content (AvgIpc) is 3.01. The average molecular weight is 541 g/mol. The molecule has 5 nitrogen and oxygen atoms in total. The maximum Gasteiger partial charge on any atom is 0.307 e. The summed E-state index contributed by atoms with van der Waals surface area (Å²) in [6.45, 7) is 9.62. The first kappa shape index (κ1) is 27.8. The fourth-order valence-electron chi connectivity index (χ4n) is 8.11. The topological polar surface area (TPSA) is 80.7 Å². The van der Waals surface area contributed by atoms with Gasteiger partial charge in [-0.05, 0) is 55.9 Å². The van der Waals surface area contributed by atoms with Crippen molar-refractivity contribution in [1.82, 2.24) is 0 Å².